The van der Waals surface area contributed by atoms with Gasteiger partial charge in [-0.25, -0.2) is 0 Å². The average Bonchev–Trinajstić information content (AvgIpc) is 3.05. The predicted molar refractivity (Wildman–Crippen MR) is 85.0 cm³/mol. The molecule has 0 saturated carbocycles. The molecular weight excluding hydrogens is 296 g/mol. The Balaban J connectivity index is 1.92. The molecule has 2 heterocycles. The minimum atomic E-state index is -0.357. The highest BCUT2D eigenvalue weighted by molar-refractivity contribution is 5.98. The van der Waals surface area contributed by atoms with Crippen molar-refractivity contribution in [3.8, 4) is 0 Å². The van der Waals surface area contributed by atoms with E-state index in [1.807, 2.05) is 19.0 Å². The number of hydrogen-bond donors (Lipinski definition) is 2. The summed E-state index contributed by atoms with van der Waals surface area (Å²) in [4.78, 5) is 30.1. The fraction of sp³-hybridized carbons (Fsp3) is 0.312. The number of nitrogens with zero attached hydrogens (tertiary/aromatic N) is 2. The van der Waals surface area contributed by atoms with Crippen LogP contribution < -0.4 is 10.6 Å². The molecule has 0 saturated heterocycles. The van der Waals surface area contributed by atoms with E-state index in [4.69, 9.17) is 4.42 Å². The first-order chi connectivity index (χ1) is 11.1. The Morgan fingerprint density at radius 3 is 2.74 bits per heavy atom. The van der Waals surface area contributed by atoms with E-state index < -0.39 is 0 Å². The molecule has 7 heteroatoms. The fourth-order valence-electron chi connectivity index (χ4n) is 1.86. The van der Waals surface area contributed by atoms with E-state index in [-0.39, 0.29) is 24.1 Å². The number of likely N-dealkylation sites (N-methyl/N-ethyl adjacent to an activating group) is 1. The molecular formula is C16H20N4O3. The van der Waals surface area contributed by atoms with Gasteiger partial charge in [-0.1, -0.05) is 0 Å². The van der Waals surface area contributed by atoms with Crippen molar-refractivity contribution in [2.75, 3.05) is 27.2 Å². The number of carbonyl (C=O) groups is 2. The van der Waals surface area contributed by atoms with Gasteiger partial charge in [-0.05, 0) is 38.4 Å². The van der Waals surface area contributed by atoms with Gasteiger partial charge in [0.2, 0.25) is 0 Å². The van der Waals surface area contributed by atoms with E-state index in [1.54, 1.807) is 24.5 Å². The van der Waals surface area contributed by atoms with Crippen LogP contribution in [0.15, 0.2) is 41.1 Å². The highest BCUT2D eigenvalue weighted by atomic mass is 16.3. The molecule has 0 spiro atoms. The second-order valence-electron chi connectivity index (χ2n) is 5.25. The number of nitrogens with one attached hydrogen (secondary N) is 2. The first-order valence-corrected chi connectivity index (χ1v) is 7.26. The predicted octanol–water partition coefficient (Wildman–Crippen LogP) is 0.896. The van der Waals surface area contributed by atoms with Crippen LogP contribution in [0.4, 0.5) is 0 Å². The quantitative estimate of drug-likeness (QED) is 0.792. The van der Waals surface area contributed by atoms with E-state index in [0.29, 0.717) is 17.9 Å². The Kier molecular flexibility index (Phi) is 5.87. The van der Waals surface area contributed by atoms with Crippen molar-refractivity contribution in [2.24, 2.45) is 0 Å². The molecule has 2 N–H and O–H groups in total. The van der Waals surface area contributed by atoms with Crippen molar-refractivity contribution >= 4 is 11.8 Å². The topological polar surface area (TPSA) is 87.5 Å². The lowest BCUT2D eigenvalue weighted by Gasteiger charge is -2.10. The maximum absolute atomic E-state index is 12.1. The highest BCUT2D eigenvalue weighted by Gasteiger charge is 2.12. The number of pyridine rings is 1. The molecule has 0 aliphatic carbocycles. The van der Waals surface area contributed by atoms with Gasteiger partial charge in [-0.15, -0.1) is 0 Å². The normalized spacial score (nSPS) is 10.6. The SMILES string of the molecule is CN(C)CCNC(=O)c1ccnc(C(=O)NCc2ccco2)c1. The molecule has 7 nitrogen and oxygen atoms in total. The Morgan fingerprint density at radius 2 is 2.04 bits per heavy atom. The molecule has 23 heavy (non-hydrogen) atoms. The molecule has 0 radical (unpaired) electrons. The third-order valence-electron chi connectivity index (χ3n) is 3.10. The summed E-state index contributed by atoms with van der Waals surface area (Å²) in [5.41, 5.74) is 0.596. The minimum absolute atomic E-state index is 0.191. The molecule has 2 aromatic heterocycles. The van der Waals surface area contributed by atoms with Gasteiger partial charge in [0, 0.05) is 24.8 Å². The summed E-state index contributed by atoms with van der Waals surface area (Å²) in [7, 11) is 3.86. The lowest BCUT2D eigenvalue weighted by atomic mass is 10.2. The van der Waals surface area contributed by atoms with Gasteiger partial charge in [0.05, 0.1) is 12.8 Å². The zero-order valence-corrected chi connectivity index (χ0v) is 13.2. The summed E-state index contributed by atoms with van der Waals surface area (Å²) in [6.45, 7) is 1.55. The molecule has 2 aromatic rings. The Labute approximate surface area is 134 Å². The van der Waals surface area contributed by atoms with Crippen LogP contribution in [0.1, 0.15) is 26.6 Å². The largest absolute Gasteiger partial charge is 0.467 e. The van der Waals surface area contributed by atoms with Crippen LogP contribution in [0.5, 0.6) is 0 Å². The van der Waals surface area contributed by atoms with Gasteiger partial charge in [0.15, 0.2) is 0 Å². The molecule has 2 rings (SSSR count). The van der Waals surface area contributed by atoms with Crippen LogP contribution in [-0.4, -0.2) is 48.9 Å². The monoisotopic (exact) mass is 316 g/mol. The Morgan fingerprint density at radius 1 is 1.22 bits per heavy atom. The Hall–Kier alpha value is -2.67. The zero-order valence-electron chi connectivity index (χ0n) is 13.2. The van der Waals surface area contributed by atoms with Gasteiger partial charge in [-0.3, -0.25) is 14.6 Å². The molecule has 0 aliphatic rings. The van der Waals surface area contributed by atoms with Crippen molar-refractivity contribution in [3.05, 3.63) is 53.7 Å². The third-order valence-corrected chi connectivity index (χ3v) is 3.10. The first-order valence-electron chi connectivity index (χ1n) is 7.26. The van der Waals surface area contributed by atoms with Crippen molar-refractivity contribution in [2.45, 2.75) is 6.54 Å². The van der Waals surface area contributed by atoms with Crippen molar-refractivity contribution in [1.82, 2.24) is 20.5 Å². The number of rotatable bonds is 7. The van der Waals surface area contributed by atoms with Crippen LogP contribution in [-0.2, 0) is 6.54 Å². The zero-order chi connectivity index (χ0) is 16.7. The summed E-state index contributed by atoms with van der Waals surface area (Å²) in [5, 5.41) is 5.49. The highest BCUT2D eigenvalue weighted by Crippen LogP contribution is 2.04. The smallest absolute Gasteiger partial charge is 0.270 e. The summed E-state index contributed by atoms with van der Waals surface area (Å²) >= 11 is 0. The van der Waals surface area contributed by atoms with Crippen LogP contribution in [0.25, 0.3) is 0 Å². The lowest BCUT2D eigenvalue weighted by Crippen LogP contribution is -2.31. The number of furan rings is 1. The van der Waals surface area contributed by atoms with Gasteiger partial charge in [0.1, 0.15) is 11.5 Å². The number of carbonyl (C=O) groups excluding carboxylic acids is 2. The number of aromatic nitrogens is 1. The molecule has 0 aliphatic heterocycles. The molecule has 2 amide bonds. The van der Waals surface area contributed by atoms with E-state index in [1.165, 1.54) is 12.3 Å². The second kappa shape index (κ2) is 8.09. The van der Waals surface area contributed by atoms with Crippen molar-refractivity contribution in [1.29, 1.82) is 0 Å². The summed E-state index contributed by atoms with van der Waals surface area (Å²) in [5.74, 6) is 0.0645. The minimum Gasteiger partial charge on any atom is -0.467 e. The number of amides is 2. The van der Waals surface area contributed by atoms with Crippen LogP contribution in [0.2, 0.25) is 0 Å². The molecule has 122 valence electrons. The van der Waals surface area contributed by atoms with Crippen LogP contribution >= 0.6 is 0 Å². The molecule has 0 fully saturated rings. The van der Waals surface area contributed by atoms with E-state index in [0.717, 1.165) is 6.54 Å². The van der Waals surface area contributed by atoms with Gasteiger partial charge < -0.3 is 20.0 Å². The average molecular weight is 316 g/mol. The number of hydrogen-bond acceptors (Lipinski definition) is 5. The van der Waals surface area contributed by atoms with Gasteiger partial charge in [0.25, 0.3) is 11.8 Å². The lowest BCUT2D eigenvalue weighted by molar-refractivity contribution is 0.0943. The van der Waals surface area contributed by atoms with Crippen LogP contribution in [0, 0.1) is 0 Å². The molecule has 0 unspecified atom stereocenters. The molecule has 0 aromatic carbocycles. The Bertz CT molecular complexity index is 653. The van der Waals surface area contributed by atoms with E-state index >= 15 is 0 Å². The second-order valence-corrected chi connectivity index (χ2v) is 5.25. The summed E-state index contributed by atoms with van der Waals surface area (Å²) in [6.07, 6.45) is 2.99. The van der Waals surface area contributed by atoms with Gasteiger partial charge in [-0.2, -0.15) is 0 Å². The van der Waals surface area contributed by atoms with Gasteiger partial charge >= 0.3 is 0 Å². The van der Waals surface area contributed by atoms with E-state index in [9.17, 15) is 9.59 Å². The summed E-state index contributed by atoms with van der Waals surface area (Å²) in [6, 6.07) is 6.57. The van der Waals surface area contributed by atoms with Crippen molar-refractivity contribution < 1.29 is 14.0 Å². The maximum atomic E-state index is 12.1. The first kappa shape index (κ1) is 16.7. The van der Waals surface area contributed by atoms with Crippen molar-refractivity contribution in [3.63, 3.8) is 0 Å². The molecule has 0 bridgehead atoms. The molecule has 0 atom stereocenters. The summed E-state index contributed by atoms with van der Waals surface area (Å²) < 4.78 is 5.14. The standard InChI is InChI=1S/C16H20N4O3/c1-20(2)8-7-18-15(21)12-5-6-17-14(10-12)16(22)19-11-13-4-3-9-23-13/h3-6,9-10H,7-8,11H2,1-2H3,(H,18,21)(H,19,22). The third kappa shape index (κ3) is 5.23. The maximum Gasteiger partial charge on any atom is 0.270 e. The van der Waals surface area contributed by atoms with E-state index in [2.05, 4.69) is 15.6 Å². The van der Waals surface area contributed by atoms with Crippen LogP contribution in [0.3, 0.4) is 0 Å². The fourth-order valence-corrected chi connectivity index (χ4v) is 1.86.